The van der Waals surface area contributed by atoms with Gasteiger partial charge in [-0.2, -0.15) is 0 Å². The lowest BCUT2D eigenvalue weighted by Gasteiger charge is -2.22. The third kappa shape index (κ3) is 3.97. The number of Topliss-reactive ketones (excluding diaryl/α,β-unsaturated/α-hetero) is 1. The van der Waals surface area contributed by atoms with Crippen LogP contribution in [-0.2, 0) is 0 Å². The molecule has 1 aliphatic carbocycles. The fourth-order valence-electron chi connectivity index (χ4n) is 3.40. The number of ether oxygens (including phenoxy) is 1. The quantitative estimate of drug-likeness (QED) is 0.630. The highest BCUT2D eigenvalue weighted by atomic mass is 16.5. The number of benzene rings is 2. The Hall–Kier alpha value is -2.29. The van der Waals surface area contributed by atoms with E-state index in [1.807, 2.05) is 37.3 Å². The molecule has 0 aromatic heterocycles. The Bertz CT molecular complexity index is 700. The third-order valence-corrected chi connectivity index (χ3v) is 4.83. The largest absolute Gasteiger partial charge is 0.483 e. The molecule has 0 spiro atoms. The number of carbonyl (C=O) groups excluding carboxylic acids is 1. The summed E-state index contributed by atoms with van der Waals surface area (Å²) in [6.45, 7) is 1.98. The molecule has 0 radical (unpaired) electrons. The summed E-state index contributed by atoms with van der Waals surface area (Å²) >= 11 is 0. The van der Waals surface area contributed by atoms with Gasteiger partial charge in [-0.05, 0) is 48.9 Å². The van der Waals surface area contributed by atoms with Gasteiger partial charge in [-0.3, -0.25) is 4.79 Å². The molecule has 0 aliphatic heterocycles. The zero-order valence-corrected chi connectivity index (χ0v) is 14.3. The summed E-state index contributed by atoms with van der Waals surface area (Å²) in [4.78, 5) is 12.3. The van der Waals surface area contributed by atoms with Crippen molar-refractivity contribution < 1.29 is 9.53 Å². The van der Waals surface area contributed by atoms with Crippen molar-refractivity contribution in [2.75, 3.05) is 12.3 Å². The van der Waals surface area contributed by atoms with Crippen LogP contribution in [0.25, 0.3) is 0 Å². The average Bonchev–Trinajstić information content (AvgIpc) is 2.62. The molecule has 3 rings (SSSR count). The molecular formula is C21H25NO2. The van der Waals surface area contributed by atoms with Gasteiger partial charge in [0.15, 0.2) is 12.4 Å². The highest BCUT2D eigenvalue weighted by molar-refractivity contribution is 5.97. The van der Waals surface area contributed by atoms with Gasteiger partial charge in [0, 0.05) is 5.56 Å². The van der Waals surface area contributed by atoms with Crippen molar-refractivity contribution >= 4 is 11.5 Å². The predicted octanol–water partition coefficient (Wildman–Crippen LogP) is 4.89. The first-order valence-corrected chi connectivity index (χ1v) is 8.75. The second-order valence-electron chi connectivity index (χ2n) is 6.71. The lowest BCUT2D eigenvalue weighted by atomic mass is 9.84. The molecule has 0 atom stereocenters. The van der Waals surface area contributed by atoms with Gasteiger partial charge in [0.2, 0.25) is 0 Å². The van der Waals surface area contributed by atoms with Gasteiger partial charge in [0.1, 0.15) is 5.75 Å². The maximum absolute atomic E-state index is 12.3. The fraction of sp³-hybridized carbons (Fsp3) is 0.381. The fourth-order valence-corrected chi connectivity index (χ4v) is 3.40. The number of nitrogens with two attached hydrogens (primary N) is 1. The van der Waals surface area contributed by atoms with E-state index in [0.717, 1.165) is 5.56 Å². The zero-order chi connectivity index (χ0) is 16.9. The van der Waals surface area contributed by atoms with E-state index in [4.69, 9.17) is 10.5 Å². The number of hydrogen-bond acceptors (Lipinski definition) is 3. The van der Waals surface area contributed by atoms with E-state index in [2.05, 4.69) is 12.1 Å². The van der Waals surface area contributed by atoms with E-state index < -0.39 is 0 Å². The molecule has 0 amide bonds. The number of aryl methyl sites for hydroxylation is 1. The van der Waals surface area contributed by atoms with Gasteiger partial charge in [0.05, 0.1) is 5.69 Å². The first-order chi connectivity index (χ1) is 11.6. The third-order valence-electron chi connectivity index (χ3n) is 4.83. The Morgan fingerprint density at radius 1 is 1.08 bits per heavy atom. The highest BCUT2D eigenvalue weighted by Crippen LogP contribution is 2.32. The molecule has 24 heavy (non-hydrogen) atoms. The van der Waals surface area contributed by atoms with Crippen LogP contribution >= 0.6 is 0 Å². The minimum Gasteiger partial charge on any atom is -0.483 e. The molecule has 2 aromatic carbocycles. The second-order valence-corrected chi connectivity index (χ2v) is 6.71. The van der Waals surface area contributed by atoms with Crippen molar-refractivity contribution in [2.45, 2.75) is 44.9 Å². The summed E-state index contributed by atoms with van der Waals surface area (Å²) in [6, 6.07) is 13.6. The van der Waals surface area contributed by atoms with Gasteiger partial charge >= 0.3 is 0 Å². The van der Waals surface area contributed by atoms with Gasteiger partial charge in [-0.15, -0.1) is 0 Å². The van der Waals surface area contributed by atoms with Crippen molar-refractivity contribution in [3.8, 4) is 5.75 Å². The molecule has 2 N–H and O–H groups in total. The van der Waals surface area contributed by atoms with Crippen molar-refractivity contribution in [1.29, 1.82) is 0 Å². The summed E-state index contributed by atoms with van der Waals surface area (Å²) in [6.07, 6.45) is 6.52. The van der Waals surface area contributed by atoms with Crippen LogP contribution < -0.4 is 10.5 Å². The lowest BCUT2D eigenvalue weighted by Crippen LogP contribution is -2.13. The van der Waals surface area contributed by atoms with Crippen LogP contribution in [0.15, 0.2) is 42.5 Å². The molecule has 2 aromatic rings. The number of ketones is 1. The minimum atomic E-state index is -0.0230. The van der Waals surface area contributed by atoms with Crippen LogP contribution in [0, 0.1) is 6.92 Å². The smallest absolute Gasteiger partial charge is 0.200 e. The van der Waals surface area contributed by atoms with Crippen LogP contribution in [0.3, 0.4) is 0 Å². The first kappa shape index (κ1) is 16.6. The summed E-state index contributed by atoms with van der Waals surface area (Å²) in [7, 11) is 0. The Kier molecular flexibility index (Phi) is 5.19. The summed E-state index contributed by atoms with van der Waals surface area (Å²) in [5, 5.41) is 0. The monoisotopic (exact) mass is 323 g/mol. The number of rotatable bonds is 5. The van der Waals surface area contributed by atoms with Crippen molar-refractivity contribution in [3.05, 3.63) is 59.2 Å². The van der Waals surface area contributed by atoms with Gasteiger partial charge in [0.25, 0.3) is 0 Å². The average molecular weight is 323 g/mol. The Labute approximate surface area is 143 Å². The predicted molar refractivity (Wildman–Crippen MR) is 97.7 cm³/mol. The van der Waals surface area contributed by atoms with Crippen LogP contribution in [0.5, 0.6) is 5.75 Å². The molecule has 1 saturated carbocycles. The molecule has 0 bridgehead atoms. The van der Waals surface area contributed by atoms with Gasteiger partial charge < -0.3 is 10.5 Å². The van der Waals surface area contributed by atoms with E-state index in [0.29, 0.717) is 22.9 Å². The molecule has 1 fully saturated rings. The minimum absolute atomic E-state index is 0.00996. The molecule has 126 valence electrons. The summed E-state index contributed by atoms with van der Waals surface area (Å²) < 4.78 is 5.58. The second kappa shape index (κ2) is 7.52. The van der Waals surface area contributed by atoms with E-state index >= 15 is 0 Å². The first-order valence-electron chi connectivity index (χ1n) is 8.75. The SMILES string of the molecule is Cc1ccc(OCC(=O)c2ccc(C3CCCCC3)cc2)c(N)c1. The number of nitrogen functional groups attached to an aromatic ring is 1. The number of anilines is 1. The summed E-state index contributed by atoms with van der Waals surface area (Å²) in [5.74, 6) is 1.20. The van der Waals surface area contributed by atoms with Crippen LogP contribution in [0.4, 0.5) is 5.69 Å². The Morgan fingerprint density at radius 2 is 1.79 bits per heavy atom. The molecular weight excluding hydrogens is 298 g/mol. The number of hydrogen-bond donors (Lipinski definition) is 1. The van der Waals surface area contributed by atoms with Crippen LogP contribution in [0.1, 0.15) is 59.5 Å². The molecule has 3 heteroatoms. The molecule has 0 heterocycles. The molecule has 1 aliphatic rings. The van der Waals surface area contributed by atoms with Crippen molar-refractivity contribution in [3.63, 3.8) is 0 Å². The lowest BCUT2D eigenvalue weighted by molar-refractivity contribution is 0.0922. The standard InChI is InChI=1S/C21H25NO2/c1-15-7-12-21(19(22)13-15)24-14-20(23)18-10-8-17(9-11-18)16-5-3-2-4-6-16/h7-13,16H,2-6,14,22H2,1H3. The summed E-state index contributed by atoms with van der Waals surface area (Å²) in [5.41, 5.74) is 9.60. The van der Waals surface area contributed by atoms with E-state index in [1.165, 1.54) is 37.7 Å². The van der Waals surface area contributed by atoms with Gasteiger partial charge in [-0.1, -0.05) is 49.6 Å². The topological polar surface area (TPSA) is 52.3 Å². The maximum Gasteiger partial charge on any atom is 0.200 e. The van der Waals surface area contributed by atoms with Gasteiger partial charge in [-0.25, -0.2) is 0 Å². The van der Waals surface area contributed by atoms with Crippen molar-refractivity contribution in [1.82, 2.24) is 0 Å². The Balaban J connectivity index is 1.60. The van der Waals surface area contributed by atoms with Crippen LogP contribution in [-0.4, -0.2) is 12.4 Å². The van der Waals surface area contributed by atoms with E-state index in [1.54, 1.807) is 0 Å². The van der Waals surface area contributed by atoms with Crippen LogP contribution in [0.2, 0.25) is 0 Å². The maximum atomic E-state index is 12.3. The van der Waals surface area contributed by atoms with Crippen molar-refractivity contribution in [2.24, 2.45) is 0 Å². The van der Waals surface area contributed by atoms with E-state index in [-0.39, 0.29) is 12.4 Å². The molecule has 3 nitrogen and oxygen atoms in total. The highest BCUT2D eigenvalue weighted by Gasteiger charge is 2.16. The molecule has 0 unspecified atom stereocenters. The normalized spacial score (nSPS) is 15.2. The Morgan fingerprint density at radius 3 is 2.46 bits per heavy atom. The molecule has 0 saturated heterocycles. The zero-order valence-electron chi connectivity index (χ0n) is 14.3. The van der Waals surface area contributed by atoms with E-state index in [9.17, 15) is 4.79 Å². The number of carbonyl (C=O) groups is 1.